The summed E-state index contributed by atoms with van der Waals surface area (Å²) >= 11 is 5.81. The molecule has 0 aliphatic carbocycles. The van der Waals surface area contributed by atoms with E-state index in [1.807, 2.05) is 7.05 Å². The Labute approximate surface area is 107 Å². The average Bonchev–Trinajstić information content (AvgIpc) is 2.28. The number of nitrogens with one attached hydrogen (secondary N) is 2. The number of aromatic nitrogens is 1. The second-order valence-corrected chi connectivity index (χ2v) is 5.81. The quantitative estimate of drug-likeness (QED) is 0.741. The summed E-state index contributed by atoms with van der Waals surface area (Å²) in [7, 11) is -1.53. The molecule has 0 aliphatic heterocycles. The maximum Gasteiger partial charge on any atom is 0.233 e. The molecule has 1 rings (SSSR count). The van der Waals surface area contributed by atoms with Crippen molar-refractivity contribution < 1.29 is 8.42 Å². The van der Waals surface area contributed by atoms with Gasteiger partial charge in [-0.25, -0.2) is 13.4 Å². The molecule has 0 atom stereocenters. The summed E-state index contributed by atoms with van der Waals surface area (Å²) in [6.45, 7) is 0.805. The van der Waals surface area contributed by atoms with E-state index in [0.29, 0.717) is 11.4 Å². The summed E-state index contributed by atoms with van der Waals surface area (Å²) in [4.78, 5) is 3.87. The minimum absolute atomic E-state index is 0.0710. The van der Waals surface area contributed by atoms with Crippen LogP contribution in [0, 0.1) is 0 Å². The number of anilines is 1. The molecule has 0 fully saturated rings. The minimum Gasteiger partial charge on any atom is -0.320 e. The predicted molar refractivity (Wildman–Crippen MR) is 69.8 cm³/mol. The molecular formula is C10H16ClN3O2S. The molecular weight excluding hydrogens is 262 g/mol. The fraction of sp³-hybridized carbons (Fsp3) is 0.500. The second kappa shape index (κ2) is 6.78. The van der Waals surface area contributed by atoms with Crippen molar-refractivity contribution in [2.45, 2.75) is 12.8 Å². The number of rotatable bonds is 7. The Hall–Kier alpha value is -0.850. The van der Waals surface area contributed by atoms with Crippen LogP contribution in [0.4, 0.5) is 5.82 Å². The van der Waals surface area contributed by atoms with Crippen molar-refractivity contribution in [1.82, 2.24) is 10.3 Å². The van der Waals surface area contributed by atoms with E-state index in [2.05, 4.69) is 15.0 Å². The molecule has 7 heteroatoms. The maximum atomic E-state index is 11.7. The molecule has 0 bridgehead atoms. The van der Waals surface area contributed by atoms with Gasteiger partial charge in [0.05, 0.1) is 10.8 Å². The van der Waals surface area contributed by atoms with E-state index in [4.69, 9.17) is 11.6 Å². The number of nitrogens with zero attached hydrogens (tertiary/aromatic N) is 1. The lowest BCUT2D eigenvalue weighted by molar-refractivity contribution is 0.595. The highest BCUT2D eigenvalue weighted by Crippen LogP contribution is 2.18. The van der Waals surface area contributed by atoms with Gasteiger partial charge in [-0.05, 0) is 38.6 Å². The molecule has 0 aromatic carbocycles. The number of hydrogen-bond donors (Lipinski definition) is 2. The van der Waals surface area contributed by atoms with Crippen LogP contribution < -0.4 is 10.0 Å². The summed E-state index contributed by atoms with van der Waals surface area (Å²) in [5.41, 5.74) is 0. The first kappa shape index (κ1) is 14.2. The summed E-state index contributed by atoms with van der Waals surface area (Å²) in [6, 6.07) is 3.24. The standard InChI is InChI=1S/C10H16ClN3O2S/c1-12-6-2-3-8-17(15,16)14-10-9(11)5-4-7-13-10/h4-5,7,12H,2-3,6,8H2,1H3,(H,13,14). The van der Waals surface area contributed by atoms with E-state index < -0.39 is 10.0 Å². The molecule has 0 radical (unpaired) electrons. The molecule has 96 valence electrons. The van der Waals surface area contributed by atoms with Gasteiger partial charge in [0.2, 0.25) is 10.0 Å². The largest absolute Gasteiger partial charge is 0.320 e. The number of halogens is 1. The zero-order chi connectivity index (χ0) is 12.7. The van der Waals surface area contributed by atoms with Crippen LogP contribution in [-0.2, 0) is 10.0 Å². The first-order valence-electron chi connectivity index (χ1n) is 5.31. The van der Waals surface area contributed by atoms with Gasteiger partial charge in [-0.3, -0.25) is 4.72 Å². The number of sulfonamides is 1. The Morgan fingerprint density at radius 1 is 1.41 bits per heavy atom. The van der Waals surface area contributed by atoms with E-state index in [1.165, 1.54) is 6.20 Å². The van der Waals surface area contributed by atoms with Gasteiger partial charge in [0.1, 0.15) is 0 Å². The van der Waals surface area contributed by atoms with E-state index >= 15 is 0 Å². The third-order valence-electron chi connectivity index (χ3n) is 2.10. The Morgan fingerprint density at radius 3 is 2.82 bits per heavy atom. The van der Waals surface area contributed by atoms with Crippen LogP contribution in [0.15, 0.2) is 18.3 Å². The van der Waals surface area contributed by atoms with Gasteiger partial charge in [0, 0.05) is 6.20 Å². The Kier molecular flexibility index (Phi) is 5.67. The van der Waals surface area contributed by atoms with Crippen LogP contribution in [-0.4, -0.2) is 32.7 Å². The monoisotopic (exact) mass is 277 g/mol. The van der Waals surface area contributed by atoms with Crippen molar-refractivity contribution in [1.29, 1.82) is 0 Å². The molecule has 0 unspecified atom stereocenters. The smallest absolute Gasteiger partial charge is 0.233 e. The normalized spacial score (nSPS) is 11.4. The lowest BCUT2D eigenvalue weighted by Crippen LogP contribution is -2.18. The van der Waals surface area contributed by atoms with E-state index in [9.17, 15) is 8.42 Å². The Morgan fingerprint density at radius 2 is 2.18 bits per heavy atom. The molecule has 1 aromatic rings. The highest BCUT2D eigenvalue weighted by Gasteiger charge is 2.12. The SMILES string of the molecule is CNCCCCS(=O)(=O)Nc1ncccc1Cl. The molecule has 0 amide bonds. The number of pyridine rings is 1. The zero-order valence-electron chi connectivity index (χ0n) is 9.61. The minimum atomic E-state index is -3.36. The Balaban J connectivity index is 2.52. The predicted octanol–water partition coefficient (Wildman–Crippen LogP) is 1.48. The first-order chi connectivity index (χ1) is 8.05. The Bertz CT molecular complexity index is 451. The molecule has 0 aliphatic rings. The lowest BCUT2D eigenvalue weighted by atomic mass is 10.3. The molecule has 0 spiro atoms. The van der Waals surface area contributed by atoms with Crippen LogP contribution in [0.3, 0.4) is 0 Å². The van der Waals surface area contributed by atoms with Gasteiger partial charge in [-0.2, -0.15) is 0 Å². The van der Waals surface area contributed by atoms with E-state index in [0.717, 1.165) is 13.0 Å². The number of unbranched alkanes of at least 4 members (excludes halogenated alkanes) is 1. The van der Waals surface area contributed by atoms with Gasteiger partial charge in [-0.1, -0.05) is 11.6 Å². The molecule has 0 saturated carbocycles. The molecule has 17 heavy (non-hydrogen) atoms. The van der Waals surface area contributed by atoms with Gasteiger partial charge in [0.25, 0.3) is 0 Å². The van der Waals surface area contributed by atoms with Crippen molar-refractivity contribution in [3.63, 3.8) is 0 Å². The van der Waals surface area contributed by atoms with Gasteiger partial charge in [-0.15, -0.1) is 0 Å². The molecule has 2 N–H and O–H groups in total. The molecule has 0 saturated heterocycles. The van der Waals surface area contributed by atoms with Crippen molar-refractivity contribution in [2.24, 2.45) is 0 Å². The summed E-state index contributed by atoms with van der Waals surface area (Å²) < 4.78 is 25.7. The van der Waals surface area contributed by atoms with Crippen molar-refractivity contribution in [3.8, 4) is 0 Å². The first-order valence-corrected chi connectivity index (χ1v) is 7.34. The van der Waals surface area contributed by atoms with Crippen LogP contribution in [0.2, 0.25) is 5.02 Å². The van der Waals surface area contributed by atoms with Crippen LogP contribution in [0.1, 0.15) is 12.8 Å². The van der Waals surface area contributed by atoms with Crippen molar-refractivity contribution in [2.75, 3.05) is 24.1 Å². The lowest BCUT2D eigenvalue weighted by Gasteiger charge is -2.08. The van der Waals surface area contributed by atoms with Crippen molar-refractivity contribution >= 4 is 27.4 Å². The molecule has 5 nitrogen and oxygen atoms in total. The second-order valence-electron chi connectivity index (χ2n) is 3.57. The summed E-state index contributed by atoms with van der Waals surface area (Å²) in [6.07, 6.45) is 2.90. The van der Waals surface area contributed by atoms with E-state index in [-0.39, 0.29) is 11.6 Å². The van der Waals surface area contributed by atoms with Gasteiger partial charge >= 0.3 is 0 Å². The third kappa shape index (κ3) is 5.34. The molecule has 1 aromatic heterocycles. The molecule has 1 heterocycles. The van der Waals surface area contributed by atoms with Crippen LogP contribution in [0.5, 0.6) is 0 Å². The van der Waals surface area contributed by atoms with Crippen molar-refractivity contribution in [3.05, 3.63) is 23.4 Å². The van der Waals surface area contributed by atoms with E-state index in [1.54, 1.807) is 12.1 Å². The summed E-state index contributed by atoms with van der Waals surface area (Å²) in [5, 5.41) is 3.26. The third-order valence-corrected chi connectivity index (χ3v) is 3.74. The highest BCUT2D eigenvalue weighted by molar-refractivity contribution is 7.92. The topological polar surface area (TPSA) is 71.1 Å². The van der Waals surface area contributed by atoms with Crippen LogP contribution >= 0.6 is 11.6 Å². The average molecular weight is 278 g/mol. The highest BCUT2D eigenvalue weighted by atomic mass is 35.5. The van der Waals surface area contributed by atoms with Gasteiger partial charge < -0.3 is 5.32 Å². The number of hydrogen-bond acceptors (Lipinski definition) is 4. The van der Waals surface area contributed by atoms with Gasteiger partial charge in [0.15, 0.2) is 5.82 Å². The zero-order valence-corrected chi connectivity index (χ0v) is 11.2. The van der Waals surface area contributed by atoms with Crippen LogP contribution in [0.25, 0.3) is 0 Å². The maximum absolute atomic E-state index is 11.7. The summed E-state index contributed by atoms with van der Waals surface area (Å²) in [5.74, 6) is 0.254. The fourth-order valence-electron chi connectivity index (χ4n) is 1.25. The fourth-order valence-corrected chi connectivity index (χ4v) is 2.62.